The van der Waals surface area contributed by atoms with E-state index in [0.717, 1.165) is 17.6 Å². The van der Waals surface area contributed by atoms with E-state index in [1.165, 1.54) is 0 Å². The van der Waals surface area contributed by atoms with Crippen molar-refractivity contribution in [1.82, 2.24) is 19.9 Å². The number of benzene rings is 1. The fourth-order valence-corrected chi connectivity index (χ4v) is 2.87. The van der Waals surface area contributed by atoms with Crippen LogP contribution in [0.1, 0.15) is 31.1 Å². The highest BCUT2D eigenvalue weighted by Crippen LogP contribution is 2.18. The SMILES string of the molecule is CCn1nnc2cc(C(=O)N3CC(C)OC(C)C3)ccc21. The summed E-state index contributed by atoms with van der Waals surface area (Å²) in [5, 5.41) is 8.20. The number of rotatable bonds is 2. The molecule has 6 nitrogen and oxygen atoms in total. The number of morpholine rings is 1. The van der Waals surface area contributed by atoms with Crippen LogP contribution in [-0.4, -0.2) is 51.1 Å². The van der Waals surface area contributed by atoms with Gasteiger partial charge in [0, 0.05) is 25.2 Å². The maximum Gasteiger partial charge on any atom is 0.254 e. The van der Waals surface area contributed by atoms with Gasteiger partial charge in [-0.3, -0.25) is 4.79 Å². The Labute approximate surface area is 123 Å². The molecule has 0 radical (unpaired) electrons. The first-order valence-corrected chi connectivity index (χ1v) is 7.36. The van der Waals surface area contributed by atoms with Gasteiger partial charge >= 0.3 is 0 Å². The first-order valence-electron chi connectivity index (χ1n) is 7.36. The number of fused-ring (bicyclic) bond motifs is 1. The molecule has 1 saturated heterocycles. The molecule has 1 aromatic heterocycles. The molecule has 1 aliphatic heterocycles. The summed E-state index contributed by atoms with van der Waals surface area (Å²) < 4.78 is 7.49. The number of hydrogen-bond donors (Lipinski definition) is 0. The molecule has 6 heteroatoms. The quantitative estimate of drug-likeness (QED) is 0.844. The van der Waals surface area contributed by atoms with Crippen LogP contribution in [-0.2, 0) is 11.3 Å². The minimum atomic E-state index is 0.0324. The van der Waals surface area contributed by atoms with E-state index in [2.05, 4.69) is 10.3 Å². The van der Waals surface area contributed by atoms with Crippen molar-refractivity contribution in [3.05, 3.63) is 23.8 Å². The highest BCUT2D eigenvalue weighted by molar-refractivity contribution is 5.97. The normalized spacial score (nSPS) is 22.7. The van der Waals surface area contributed by atoms with Crippen molar-refractivity contribution in [2.75, 3.05) is 13.1 Å². The third-order valence-electron chi connectivity index (χ3n) is 3.77. The average Bonchev–Trinajstić information content (AvgIpc) is 2.87. The van der Waals surface area contributed by atoms with Crippen LogP contribution in [0.4, 0.5) is 0 Å². The molecule has 0 bridgehead atoms. The predicted molar refractivity (Wildman–Crippen MR) is 79.1 cm³/mol. The molecule has 1 fully saturated rings. The van der Waals surface area contributed by atoms with E-state index in [1.54, 1.807) is 0 Å². The monoisotopic (exact) mass is 288 g/mol. The second kappa shape index (κ2) is 5.44. The Kier molecular flexibility index (Phi) is 3.63. The number of aromatic nitrogens is 3. The van der Waals surface area contributed by atoms with Crippen LogP contribution in [0.5, 0.6) is 0 Å². The van der Waals surface area contributed by atoms with Crippen molar-refractivity contribution in [2.45, 2.75) is 39.5 Å². The molecule has 2 aromatic rings. The number of amides is 1. The zero-order valence-corrected chi connectivity index (χ0v) is 12.6. The van der Waals surface area contributed by atoms with E-state index in [1.807, 2.05) is 48.6 Å². The van der Waals surface area contributed by atoms with Crippen LogP contribution in [0, 0.1) is 0 Å². The van der Waals surface area contributed by atoms with Gasteiger partial charge in [-0.15, -0.1) is 5.10 Å². The molecule has 3 rings (SSSR count). The van der Waals surface area contributed by atoms with Crippen molar-refractivity contribution >= 4 is 16.9 Å². The molecule has 1 aliphatic rings. The molecule has 1 aromatic carbocycles. The molecule has 112 valence electrons. The van der Waals surface area contributed by atoms with Crippen molar-refractivity contribution in [2.24, 2.45) is 0 Å². The Morgan fingerprint density at radius 1 is 1.33 bits per heavy atom. The Morgan fingerprint density at radius 3 is 2.71 bits per heavy atom. The zero-order chi connectivity index (χ0) is 15.0. The highest BCUT2D eigenvalue weighted by atomic mass is 16.5. The van der Waals surface area contributed by atoms with Crippen molar-refractivity contribution in [1.29, 1.82) is 0 Å². The number of carbonyl (C=O) groups excluding carboxylic acids is 1. The Hall–Kier alpha value is -1.95. The number of carbonyl (C=O) groups is 1. The Bertz CT molecular complexity index is 657. The number of hydrogen-bond acceptors (Lipinski definition) is 4. The summed E-state index contributed by atoms with van der Waals surface area (Å²) in [7, 11) is 0. The Morgan fingerprint density at radius 2 is 2.05 bits per heavy atom. The topological polar surface area (TPSA) is 60.2 Å². The summed E-state index contributed by atoms with van der Waals surface area (Å²) >= 11 is 0. The third-order valence-corrected chi connectivity index (χ3v) is 3.77. The first kappa shape index (κ1) is 14.0. The van der Waals surface area contributed by atoms with Gasteiger partial charge in [0.2, 0.25) is 0 Å². The standard InChI is InChI=1S/C15H20N4O2/c1-4-19-14-6-5-12(7-13(14)16-17-19)15(20)18-8-10(2)21-11(3)9-18/h5-7,10-11H,4,8-9H2,1-3H3. The highest BCUT2D eigenvalue weighted by Gasteiger charge is 2.26. The number of aryl methyl sites for hydroxylation is 1. The lowest BCUT2D eigenvalue weighted by Gasteiger charge is -2.35. The maximum absolute atomic E-state index is 12.6. The van der Waals surface area contributed by atoms with E-state index in [-0.39, 0.29) is 18.1 Å². The molecular formula is C15H20N4O2. The molecule has 1 amide bonds. The van der Waals surface area contributed by atoms with Gasteiger partial charge in [-0.2, -0.15) is 0 Å². The van der Waals surface area contributed by atoms with Crippen LogP contribution >= 0.6 is 0 Å². The van der Waals surface area contributed by atoms with Crippen molar-refractivity contribution < 1.29 is 9.53 Å². The fourth-order valence-electron chi connectivity index (χ4n) is 2.87. The molecule has 21 heavy (non-hydrogen) atoms. The minimum Gasteiger partial charge on any atom is -0.372 e. The Balaban J connectivity index is 1.87. The van der Waals surface area contributed by atoms with Crippen LogP contribution in [0.25, 0.3) is 11.0 Å². The van der Waals surface area contributed by atoms with Crippen LogP contribution < -0.4 is 0 Å². The summed E-state index contributed by atoms with van der Waals surface area (Å²) in [4.78, 5) is 14.5. The molecule has 2 atom stereocenters. The maximum atomic E-state index is 12.6. The second-order valence-corrected chi connectivity index (χ2v) is 5.58. The van der Waals surface area contributed by atoms with Gasteiger partial charge in [-0.25, -0.2) is 4.68 Å². The molecule has 0 saturated carbocycles. The average molecular weight is 288 g/mol. The van der Waals surface area contributed by atoms with E-state index in [0.29, 0.717) is 18.7 Å². The van der Waals surface area contributed by atoms with Crippen LogP contribution in [0.15, 0.2) is 18.2 Å². The molecule has 0 aliphatic carbocycles. The first-order chi connectivity index (χ1) is 10.1. The van der Waals surface area contributed by atoms with Gasteiger partial charge in [0.1, 0.15) is 5.52 Å². The van der Waals surface area contributed by atoms with Crippen molar-refractivity contribution in [3.63, 3.8) is 0 Å². The lowest BCUT2D eigenvalue weighted by molar-refractivity contribution is -0.0586. The van der Waals surface area contributed by atoms with E-state index >= 15 is 0 Å². The zero-order valence-electron chi connectivity index (χ0n) is 12.6. The van der Waals surface area contributed by atoms with E-state index in [4.69, 9.17) is 4.74 Å². The fraction of sp³-hybridized carbons (Fsp3) is 0.533. The molecule has 0 N–H and O–H groups in total. The van der Waals surface area contributed by atoms with Gasteiger partial charge in [0.25, 0.3) is 5.91 Å². The minimum absolute atomic E-state index is 0.0324. The van der Waals surface area contributed by atoms with Gasteiger partial charge in [-0.05, 0) is 39.0 Å². The van der Waals surface area contributed by atoms with Gasteiger partial charge < -0.3 is 9.64 Å². The van der Waals surface area contributed by atoms with Gasteiger partial charge in [0.05, 0.1) is 17.7 Å². The number of nitrogens with zero attached hydrogens (tertiary/aromatic N) is 4. The summed E-state index contributed by atoms with van der Waals surface area (Å²) in [6, 6.07) is 5.59. The number of ether oxygens (including phenoxy) is 1. The largest absolute Gasteiger partial charge is 0.372 e. The van der Waals surface area contributed by atoms with Crippen molar-refractivity contribution in [3.8, 4) is 0 Å². The smallest absolute Gasteiger partial charge is 0.254 e. The summed E-state index contributed by atoms with van der Waals surface area (Å²) in [6.07, 6.45) is 0.143. The lowest BCUT2D eigenvalue weighted by atomic mass is 10.1. The van der Waals surface area contributed by atoms with Gasteiger partial charge in [0.15, 0.2) is 0 Å². The molecule has 0 spiro atoms. The third kappa shape index (κ3) is 2.63. The summed E-state index contributed by atoms with van der Waals surface area (Å²) in [5.41, 5.74) is 2.38. The summed E-state index contributed by atoms with van der Waals surface area (Å²) in [5.74, 6) is 0.0324. The van der Waals surface area contributed by atoms with Crippen LogP contribution in [0.2, 0.25) is 0 Å². The predicted octanol–water partition coefficient (Wildman–Crippen LogP) is 1.70. The van der Waals surface area contributed by atoms with E-state index in [9.17, 15) is 4.79 Å². The summed E-state index contributed by atoms with van der Waals surface area (Å²) in [6.45, 7) is 8.02. The van der Waals surface area contributed by atoms with Gasteiger partial charge in [-0.1, -0.05) is 5.21 Å². The second-order valence-electron chi connectivity index (χ2n) is 5.58. The molecule has 2 unspecified atom stereocenters. The van der Waals surface area contributed by atoms with E-state index < -0.39 is 0 Å². The lowest BCUT2D eigenvalue weighted by Crippen LogP contribution is -2.48. The molecule has 2 heterocycles. The molecular weight excluding hydrogens is 268 g/mol. The van der Waals surface area contributed by atoms with Crippen LogP contribution in [0.3, 0.4) is 0 Å².